The van der Waals surface area contributed by atoms with E-state index in [0.29, 0.717) is 25.4 Å². The van der Waals surface area contributed by atoms with Crippen molar-refractivity contribution in [3.63, 3.8) is 0 Å². The molecule has 0 aromatic carbocycles. The summed E-state index contributed by atoms with van der Waals surface area (Å²) in [6, 6.07) is 0. The summed E-state index contributed by atoms with van der Waals surface area (Å²) in [5.74, 6) is 0.427. The number of aliphatic hydroxyl groups excluding tert-OH is 1. The highest BCUT2D eigenvalue weighted by Gasteiger charge is 2.72. The molecule has 3 N–H and O–H groups in total. The SMILES string of the molecule is NC(=O)[C@@]12CN(C(=O)CC3CC3)C[C@@H]1[C@H]2CO. The van der Waals surface area contributed by atoms with E-state index in [1.165, 1.54) is 0 Å². The molecule has 3 rings (SSSR count). The fourth-order valence-corrected chi connectivity index (χ4v) is 3.37. The molecule has 2 saturated carbocycles. The average molecular weight is 238 g/mol. The van der Waals surface area contributed by atoms with Crippen molar-refractivity contribution in [2.75, 3.05) is 19.7 Å². The van der Waals surface area contributed by atoms with Crippen LogP contribution in [0.2, 0.25) is 0 Å². The van der Waals surface area contributed by atoms with Crippen LogP contribution in [0.1, 0.15) is 19.3 Å². The van der Waals surface area contributed by atoms with E-state index in [1.807, 2.05) is 0 Å². The zero-order chi connectivity index (χ0) is 12.2. The number of likely N-dealkylation sites (tertiary alicyclic amines) is 1. The number of nitrogens with two attached hydrogens (primary N) is 1. The first-order valence-electron chi connectivity index (χ1n) is 6.28. The van der Waals surface area contributed by atoms with E-state index in [1.54, 1.807) is 4.90 Å². The van der Waals surface area contributed by atoms with Crippen molar-refractivity contribution in [3.8, 4) is 0 Å². The maximum atomic E-state index is 11.9. The van der Waals surface area contributed by atoms with Crippen molar-refractivity contribution in [2.45, 2.75) is 19.3 Å². The van der Waals surface area contributed by atoms with E-state index in [0.717, 1.165) is 12.8 Å². The Bertz CT molecular complexity index is 380. The molecule has 0 spiro atoms. The van der Waals surface area contributed by atoms with Crippen LogP contribution in [0.15, 0.2) is 0 Å². The predicted molar refractivity (Wildman–Crippen MR) is 59.6 cm³/mol. The molecule has 1 saturated heterocycles. The van der Waals surface area contributed by atoms with Crippen LogP contribution in [0, 0.1) is 23.2 Å². The monoisotopic (exact) mass is 238 g/mol. The first-order valence-corrected chi connectivity index (χ1v) is 6.28. The summed E-state index contributed by atoms with van der Waals surface area (Å²) in [5, 5.41) is 9.20. The molecule has 0 aromatic heterocycles. The van der Waals surface area contributed by atoms with Gasteiger partial charge >= 0.3 is 0 Å². The summed E-state index contributed by atoms with van der Waals surface area (Å²) in [6.45, 7) is 1.02. The lowest BCUT2D eigenvalue weighted by atomic mass is 10.0. The minimum Gasteiger partial charge on any atom is -0.396 e. The van der Waals surface area contributed by atoms with Crippen LogP contribution in [0.5, 0.6) is 0 Å². The highest BCUT2D eigenvalue weighted by atomic mass is 16.3. The van der Waals surface area contributed by atoms with E-state index >= 15 is 0 Å². The van der Waals surface area contributed by atoms with E-state index in [-0.39, 0.29) is 30.3 Å². The maximum absolute atomic E-state index is 11.9. The molecule has 17 heavy (non-hydrogen) atoms. The zero-order valence-electron chi connectivity index (χ0n) is 9.76. The van der Waals surface area contributed by atoms with E-state index in [2.05, 4.69) is 0 Å². The van der Waals surface area contributed by atoms with Crippen LogP contribution in [-0.2, 0) is 9.59 Å². The van der Waals surface area contributed by atoms with Gasteiger partial charge < -0.3 is 15.7 Å². The second-order valence-electron chi connectivity index (χ2n) is 5.72. The van der Waals surface area contributed by atoms with Crippen LogP contribution >= 0.6 is 0 Å². The van der Waals surface area contributed by atoms with Crippen molar-refractivity contribution in [1.29, 1.82) is 0 Å². The normalized spacial score (nSPS) is 39.0. The highest BCUT2D eigenvalue weighted by molar-refractivity contribution is 5.88. The minimum absolute atomic E-state index is 0.00172. The van der Waals surface area contributed by atoms with Gasteiger partial charge in [-0.05, 0) is 24.7 Å². The number of primary amides is 1. The molecule has 1 heterocycles. The van der Waals surface area contributed by atoms with Crippen LogP contribution in [-0.4, -0.2) is 41.5 Å². The van der Waals surface area contributed by atoms with Gasteiger partial charge in [0.2, 0.25) is 11.8 Å². The number of nitrogens with zero attached hydrogens (tertiary/aromatic N) is 1. The first-order chi connectivity index (χ1) is 8.09. The lowest BCUT2D eigenvalue weighted by Crippen LogP contribution is -2.38. The molecule has 5 nitrogen and oxygen atoms in total. The molecule has 0 unspecified atom stereocenters. The molecular weight excluding hydrogens is 220 g/mol. The Morgan fingerprint density at radius 3 is 2.59 bits per heavy atom. The molecule has 3 atom stereocenters. The summed E-state index contributed by atoms with van der Waals surface area (Å²) in [5.41, 5.74) is 4.81. The number of piperidine rings is 1. The summed E-state index contributed by atoms with van der Waals surface area (Å²) >= 11 is 0. The van der Waals surface area contributed by atoms with Crippen LogP contribution < -0.4 is 5.73 Å². The fourth-order valence-electron chi connectivity index (χ4n) is 3.37. The minimum atomic E-state index is -0.617. The lowest BCUT2D eigenvalue weighted by molar-refractivity contribution is -0.132. The first kappa shape index (κ1) is 11.0. The Balaban J connectivity index is 1.66. The van der Waals surface area contributed by atoms with Gasteiger partial charge in [0.15, 0.2) is 0 Å². The largest absolute Gasteiger partial charge is 0.396 e. The van der Waals surface area contributed by atoms with E-state index in [9.17, 15) is 14.7 Å². The Labute approximate surface area is 100.0 Å². The molecule has 94 valence electrons. The van der Waals surface area contributed by atoms with E-state index < -0.39 is 5.41 Å². The Morgan fingerprint density at radius 1 is 1.41 bits per heavy atom. The molecule has 0 bridgehead atoms. The average Bonchev–Trinajstić information content (AvgIpc) is 3.17. The standard InChI is InChI=1S/C12H18N2O3/c13-11(17)12-6-14(4-8(12)9(12)5-15)10(16)3-7-1-2-7/h7-9,15H,1-6H2,(H2,13,17)/t8-,9-,12+/m1/s1. The number of rotatable bonds is 4. The van der Waals surface area contributed by atoms with Gasteiger partial charge in [-0.15, -0.1) is 0 Å². The van der Waals surface area contributed by atoms with E-state index in [4.69, 9.17) is 5.73 Å². The lowest BCUT2D eigenvalue weighted by Gasteiger charge is -2.22. The quantitative estimate of drug-likeness (QED) is 0.682. The summed E-state index contributed by atoms with van der Waals surface area (Å²) in [7, 11) is 0. The topological polar surface area (TPSA) is 83.6 Å². The van der Waals surface area contributed by atoms with Gasteiger partial charge in [-0.3, -0.25) is 9.59 Å². The maximum Gasteiger partial charge on any atom is 0.226 e. The molecule has 2 amide bonds. The van der Waals surface area contributed by atoms with Gasteiger partial charge in [0.25, 0.3) is 0 Å². The third-order valence-corrected chi connectivity index (χ3v) is 4.74. The van der Waals surface area contributed by atoms with Crippen molar-refractivity contribution in [3.05, 3.63) is 0 Å². The third-order valence-electron chi connectivity index (χ3n) is 4.74. The summed E-state index contributed by atoms with van der Waals surface area (Å²) < 4.78 is 0. The van der Waals surface area contributed by atoms with Gasteiger partial charge in [-0.25, -0.2) is 0 Å². The highest BCUT2D eigenvalue weighted by Crippen LogP contribution is 2.62. The smallest absolute Gasteiger partial charge is 0.226 e. The number of aliphatic hydroxyl groups is 1. The van der Waals surface area contributed by atoms with Crippen LogP contribution in [0.3, 0.4) is 0 Å². The van der Waals surface area contributed by atoms with Crippen LogP contribution in [0.4, 0.5) is 0 Å². The summed E-state index contributed by atoms with van der Waals surface area (Å²) in [6.07, 6.45) is 2.93. The zero-order valence-corrected chi connectivity index (χ0v) is 9.76. The molecule has 3 aliphatic rings. The van der Waals surface area contributed by atoms with Crippen molar-refractivity contribution in [2.24, 2.45) is 28.9 Å². The Morgan fingerprint density at radius 2 is 2.12 bits per heavy atom. The predicted octanol–water partition coefficient (Wildman–Crippen LogP) is -0.661. The van der Waals surface area contributed by atoms with Gasteiger partial charge in [0, 0.05) is 32.0 Å². The van der Waals surface area contributed by atoms with Gasteiger partial charge in [0.1, 0.15) is 0 Å². The number of carbonyl (C=O) groups excluding carboxylic acids is 2. The number of amides is 2. The van der Waals surface area contributed by atoms with Crippen LogP contribution in [0.25, 0.3) is 0 Å². The molecule has 0 radical (unpaired) electrons. The van der Waals surface area contributed by atoms with Gasteiger partial charge in [0.05, 0.1) is 5.41 Å². The number of hydrogen-bond donors (Lipinski definition) is 2. The fraction of sp³-hybridized carbons (Fsp3) is 0.833. The number of carbonyl (C=O) groups is 2. The molecular formula is C12H18N2O3. The molecule has 3 fully saturated rings. The van der Waals surface area contributed by atoms with Gasteiger partial charge in [-0.2, -0.15) is 0 Å². The Kier molecular flexibility index (Phi) is 2.23. The Hall–Kier alpha value is -1.10. The molecule has 5 heteroatoms. The third kappa shape index (κ3) is 1.48. The number of hydrogen-bond acceptors (Lipinski definition) is 3. The second-order valence-corrected chi connectivity index (χ2v) is 5.72. The summed E-state index contributed by atoms with van der Waals surface area (Å²) in [4.78, 5) is 25.2. The molecule has 0 aromatic rings. The number of fused-ring (bicyclic) bond motifs is 1. The van der Waals surface area contributed by atoms with Crippen molar-refractivity contribution in [1.82, 2.24) is 4.90 Å². The van der Waals surface area contributed by atoms with Crippen molar-refractivity contribution < 1.29 is 14.7 Å². The second kappa shape index (κ2) is 3.45. The van der Waals surface area contributed by atoms with Gasteiger partial charge in [-0.1, -0.05) is 0 Å². The molecule has 2 aliphatic carbocycles. The molecule has 1 aliphatic heterocycles. The van der Waals surface area contributed by atoms with Crippen molar-refractivity contribution >= 4 is 11.8 Å².